The summed E-state index contributed by atoms with van der Waals surface area (Å²) >= 11 is 0. The molecule has 102 valence electrons. The number of likely N-dealkylation sites (N-methyl/N-ethyl adjacent to an activating group) is 1. The van der Waals surface area contributed by atoms with E-state index in [1.54, 1.807) is 7.11 Å². The lowest BCUT2D eigenvalue weighted by molar-refractivity contribution is 0.183. The van der Waals surface area contributed by atoms with Crippen molar-refractivity contribution >= 4 is 22.3 Å². The quantitative estimate of drug-likeness (QED) is 0.857. The summed E-state index contributed by atoms with van der Waals surface area (Å²) in [6, 6.07) is 8.21. The highest BCUT2D eigenvalue weighted by Crippen LogP contribution is 2.28. The predicted octanol–water partition coefficient (Wildman–Crippen LogP) is 2.60. The largest absolute Gasteiger partial charge is 0.399 e. The van der Waals surface area contributed by atoms with Crippen LogP contribution in [0.5, 0.6) is 0 Å². The van der Waals surface area contributed by atoms with Gasteiger partial charge in [-0.2, -0.15) is 0 Å². The number of aryl methyl sites for hydroxylation is 1. The van der Waals surface area contributed by atoms with Gasteiger partial charge in [0, 0.05) is 42.7 Å². The lowest BCUT2D eigenvalue weighted by atomic mass is 10.1. The van der Waals surface area contributed by atoms with Crippen LogP contribution in [0.1, 0.15) is 12.6 Å². The molecule has 2 rings (SSSR count). The number of aromatic nitrogens is 1. The van der Waals surface area contributed by atoms with Crippen molar-refractivity contribution in [2.24, 2.45) is 0 Å². The first-order chi connectivity index (χ1) is 9.02. The number of nitrogens with two attached hydrogens (primary N) is 1. The number of nitrogen functional groups attached to an aromatic ring is 1. The van der Waals surface area contributed by atoms with E-state index in [-0.39, 0.29) is 6.04 Å². The van der Waals surface area contributed by atoms with Crippen molar-refractivity contribution in [3.05, 3.63) is 30.0 Å². The molecule has 4 nitrogen and oxygen atoms in total. The summed E-state index contributed by atoms with van der Waals surface area (Å²) in [7, 11) is 3.79. The van der Waals surface area contributed by atoms with E-state index < -0.39 is 0 Å². The van der Waals surface area contributed by atoms with Gasteiger partial charge in [-0.15, -0.1) is 0 Å². The van der Waals surface area contributed by atoms with E-state index in [4.69, 9.17) is 10.5 Å². The Bertz CT molecular complexity index is 583. The number of methoxy groups -OCH3 is 1. The topological polar surface area (TPSA) is 51.4 Å². The summed E-state index contributed by atoms with van der Waals surface area (Å²) < 4.78 is 5.23. The maximum Gasteiger partial charge on any atom is 0.0727 e. The zero-order valence-electron chi connectivity index (χ0n) is 12.0. The van der Waals surface area contributed by atoms with E-state index in [1.165, 1.54) is 0 Å². The van der Waals surface area contributed by atoms with Crippen molar-refractivity contribution in [1.29, 1.82) is 0 Å². The Morgan fingerprint density at radius 3 is 2.79 bits per heavy atom. The van der Waals surface area contributed by atoms with Crippen LogP contribution < -0.4 is 10.6 Å². The van der Waals surface area contributed by atoms with Crippen LogP contribution in [0.3, 0.4) is 0 Å². The van der Waals surface area contributed by atoms with Crippen LogP contribution in [0.4, 0.5) is 11.4 Å². The third-order valence-corrected chi connectivity index (χ3v) is 3.39. The number of ether oxygens (including phenoxy) is 1. The van der Waals surface area contributed by atoms with Crippen molar-refractivity contribution in [3.63, 3.8) is 0 Å². The second-order valence-electron chi connectivity index (χ2n) is 4.97. The minimum absolute atomic E-state index is 0.288. The summed E-state index contributed by atoms with van der Waals surface area (Å²) in [5, 5.41) is 1.08. The molecule has 0 saturated carbocycles. The Kier molecular flexibility index (Phi) is 3.90. The lowest BCUT2D eigenvalue weighted by Crippen LogP contribution is -2.32. The molecule has 0 radical (unpaired) electrons. The van der Waals surface area contributed by atoms with E-state index >= 15 is 0 Å². The Balaban J connectivity index is 2.54. The van der Waals surface area contributed by atoms with Crippen LogP contribution in [0.2, 0.25) is 0 Å². The molecule has 1 unspecified atom stereocenters. The van der Waals surface area contributed by atoms with Crippen LogP contribution in [0.25, 0.3) is 10.9 Å². The van der Waals surface area contributed by atoms with Crippen LogP contribution in [-0.2, 0) is 4.74 Å². The molecule has 19 heavy (non-hydrogen) atoms. The van der Waals surface area contributed by atoms with Gasteiger partial charge in [-0.3, -0.25) is 4.98 Å². The second kappa shape index (κ2) is 5.45. The number of pyridine rings is 1. The summed E-state index contributed by atoms with van der Waals surface area (Å²) in [6.45, 7) is 4.83. The molecule has 0 amide bonds. The zero-order chi connectivity index (χ0) is 14.0. The van der Waals surface area contributed by atoms with Crippen LogP contribution in [0.15, 0.2) is 24.3 Å². The highest BCUT2D eigenvalue weighted by Gasteiger charge is 2.14. The normalized spacial score (nSPS) is 12.6. The summed E-state index contributed by atoms with van der Waals surface area (Å²) in [4.78, 5) is 6.76. The maximum absolute atomic E-state index is 5.89. The van der Waals surface area contributed by atoms with Gasteiger partial charge in [0.15, 0.2) is 0 Å². The molecule has 0 spiro atoms. The van der Waals surface area contributed by atoms with Gasteiger partial charge >= 0.3 is 0 Å². The Morgan fingerprint density at radius 2 is 2.11 bits per heavy atom. The monoisotopic (exact) mass is 259 g/mol. The molecule has 0 saturated heterocycles. The molecule has 0 bridgehead atoms. The fraction of sp³-hybridized carbons (Fsp3) is 0.400. The van der Waals surface area contributed by atoms with Gasteiger partial charge in [-0.25, -0.2) is 0 Å². The molecular weight excluding hydrogens is 238 g/mol. The first-order valence-electron chi connectivity index (χ1n) is 6.41. The molecule has 4 heteroatoms. The average molecular weight is 259 g/mol. The molecule has 0 fully saturated rings. The van der Waals surface area contributed by atoms with Crippen molar-refractivity contribution in [2.75, 3.05) is 31.4 Å². The van der Waals surface area contributed by atoms with Gasteiger partial charge in [0.25, 0.3) is 0 Å². The van der Waals surface area contributed by atoms with Gasteiger partial charge in [0.1, 0.15) is 0 Å². The minimum Gasteiger partial charge on any atom is -0.399 e. The van der Waals surface area contributed by atoms with Crippen molar-refractivity contribution in [3.8, 4) is 0 Å². The summed E-state index contributed by atoms with van der Waals surface area (Å²) in [6.07, 6.45) is 0. The van der Waals surface area contributed by atoms with E-state index in [0.717, 1.165) is 28.0 Å². The molecule has 1 heterocycles. The highest BCUT2D eigenvalue weighted by atomic mass is 16.5. The van der Waals surface area contributed by atoms with Crippen LogP contribution in [-0.4, -0.2) is 31.8 Å². The third-order valence-electron chi connectivity index (χ3n) is 3.39. The first kappa shape index (κ1) is 13.6. The third kappa shape index (κ3) is 2.79. The molecule has 1 aromatic heterocycles. The molecule has 1 aromatic carbocycles. The van der Waals surface area contributed by atoms with Crippen molar-refractivity contribution < 1.29 is 4.74 Å². The molecule has 1 atom stereocenters. The molecule has 0 aliphatic heterocycles. The van der Waals surface area contributed by atoms with E-state index in [0.29, 0.717) is 6.61 Å². The Hall–Kier alpha value is -1.81. The molecule has 0 aliphatic carbocycles. The van der Waals surface area contributed by atoms with Gasteiger partial charge in [0.05, 0.1) is 12.1 Å². The number of nitrogens with zero attached hydrogens (tertiary/aromatic N) is 2. The van der Waals surface area contributed by atoms with Crippen molar-refractivity contribution in [2.45, 2.75) is 19.9 Å². The van der Waals surface area contributed by atoms with E-state index in [9.17, 15) is 0 Å². The predicted molar refractivity (Wildman–Crippen MR) is 80.6 cm³/mol. The molecule has 0 aliphatic rings. The minimum atomic E-state index is 0.288. The zero-order valence-corrected chi connectivity index (χ0v) is 12.0. The number of hydrogen-bond acceptors (Lipinski definition) is 4. The Labute approximate surface area is 114 Å². The number of rotatable bonds is 4. The smallest absolute Gasteiger partial charge is 0.0727 e. The SMILES string of the molecule is COCC(C)N(C)c1cc(C)nc2ccc(N)cc12. The lowest BCUT2D eigenvalue weighted by Gasteiger charge is -2.28. The molecule has 2 N–H and O–H groups in total. The average Bonchev–Trinajstić information content (AvgIpc) is 2.38. The van der Waals surface area contributed by atoms with E-state index in [2.05, 4.69) is 29.9 Å². The molecular formula is C15H21N3O. The maximum atomic E-state index is 5.89. The van der Waals surface area contributed by atoms with Gasteiger partial charge in [0.2, 0.25) is 0 Å². The number of fused-ring (bicyclic) bond motifs is 1. The first-order valence-corrected chi connectivity index (χ1v) is 6.41. The fourth-order valence-corrected chi connectivity index (χ4v) is 2.24. The second-order valence-corrected chi connectivity index (χ2v) is 4.97. The number of anilines is 2. The Morgan fingerprint density at radius 1 is 1.37 bits per heavy atom. The van der Waals surface area contributed by atoms with Gasteiger partial charge < -0.3 is 15.4 Å². The van der Waals surface area contributed by atoms with E-state index in [1.807, 2.05) is 25.1 Å². The summed E-state index contributed by atoms with van der Waals surface area (Å²) in [5.74, 6) is 0. The standard InChI is InChI=1S/C15H21N3O/c1-10-7-15(18(3)11(2)9-19-4)13-8-12(16)5-6-14(13)17-10/h5-8,11H,9,16H2,1-4H3. The van der Waals surface area contributed by atoms with Gasteiger partial charge in [-0.1, -0.05) is 0 Å². The summed E-state index contributed by atoms with van der Waals surface area (Å²) in [5.41, 5.74) is 9.77. The van der Waals surface area contributed by atoms with Gasteiger partial charge in [-0.05, 0) is 38.1 Å². The van der Waals surface area contributed by atoms with Crippen LogP contribution >= 0.6 is 0 Å². The fourth-order valence-electron chi connectivity index (χ4n) is 2.24. The van der Waals surface area contributed by atoms with Crippen LogP contribution in [0, 0.1) is 6.92 Å². The highest BCUT2D eigenvalue weighted by molar-refractivity contribution is 5.94. The molecule has 2 aromatic rings. The number of hydrogen-bond donors (Lipinski definition) is 1. The van der Waals surface area contributed by atoms with Crippen molar-refractivity contribution in [1.82, 2.24) is 4.98 Å². The number of benzene rings is 1.